The van der Waals surface area contributed by atoms with Crippen LogP contribution in [0.4, 0.5) is 0 Å². The van der Waals surface area contributed by atoms with Crippen LogP contribution in [-0.2, 0) is 37.3 Å². The summed E-state index contributed by atoms with van der Waals surface area (Å²) in [4.78, 5) is 30.9. The molecule has 2 amide bonds. The number of likely N-dealkylation sites (N-methyl/N-ethyl adjacent to an activating group) is 1. The van der Waals surface area contributed by atoms with E-state index in [-0.39, 0.29) is 25.4 Å². The zero-order valence-electron chi connectivity index (χ0n) is 22.3. The highest BCUT2D eigenvalue weighted by Gasteiger charge is 2.32. The van der Waals surface area contributed by atoms with Crippen LogP contribution >= 0.6 is 0 Å². The third-order valence-electron chi connectivity index (χ3n) is 6.54. The largest absolute Gasteiger partial charge is 0.497 e. The van der Waals surface area contributed by atoms with Gasteiger partial charge in [0.05, 0.1) is 33.1 Å². The number of rotatable bonds is 13. The van der Waals surface area contributed by atoms with Crippen LogP contribution in [0.15, 0.2) is 54.6 Å². The third kappa shape index (κ3) is 9.09. The maximum Gasteiger partial charge on any atom is 0.243 e. The predicted octanol–water partition coefficient (Wildman–Crippen LogP) is 0.975. The lowest BCUT2D eigenvalue weighted by atomic mass is 10.0. The number of methoxy groups -OCH3 is 1. The Bertz CT molecular complexity index is 1140. The van der Waals surface area contributed by atoms with Gasteiger partial charge in [0.2, 0.25) is 21.8 Å². The Morgan fingerprint density at radius 2 is 1.71 bits per heavy atom. The molecule has 0 spiro atoms. The van der Waals surface area contributed by atoms with Gasteiger partial charge < -0.3 is 19.7 Å². The van der Waals surface area contributed by atoms with Crippen molar-refractivity contribution in [2.75, 3.05) is 66.4 Å². The van der Waals surface area contributed by atoms with Crippen molar-refractivity contribution in [3.05, 3.63) is 65.7 Å². The fraction of sp³-hybridized carbons (Fsp3) is 0.481. The zero-order valence-corrected chi connectivity index (χ0v) is 23.2. The van der Waals surface area contributed by atoms with Gasteiger partial charge in [-0.1, -0.05) is 42.5 Å². The average molecular weight is 547 g/mol. The van der Waals surface area contributed by atoms with Crippen LogP contribution in [0.25, 0.3) is 0 Å². The van der Waals surface area contributed by atoms with Crippen LogP contribution in [0.1, 0.15) is 11.1 Å². The molecule has 38 heavy (non-hydrogen) atoms. The van der Waals surface area contributed by atoms with Gasteiger partial charge in [-0.15, -0.1) is 0 Å². The van der Waals surface area contributed by atoms with Gasteiger partial charge in [0, 0.05) is 46.2 Å². The van der Waals surface area contributed by atoms with E-state index in [1.807, 2.05) is 42.5 Å². The third-order valence-corrected chi connectivity index (χ3v) is 7.80. The topological polar surface area (TPSA) is 108 Å². The molecule has 0 unspecified atom stereocenters. The maximum absolute atomic E-state index is 13.6. The summed E-state index contributed by atoms with van der Waals surface area (Å²) < 4.78 is 35.7. The van der Waals surface area contributed by atoms with Crippen LogP contribution in [0, 0.1) is 0 Å². The van der Waals surface area contributed by atoms with Crippen LogP contribution < -0.4 is 10.1 Å². The van der Waals surface area contributed by atoms with Crippen molar-refractivity contribution < 1.29 is 27.5 Å². The Hall–Kier alpha value is -2.99. The first-order chi connectivity index (χ1) is 18.2. The van der Waals surface area contributed by atoms with Gasteiger partial charge in [0.15, 0.2) is 0 Å². The highest BCUT2D eigenvalue weighted by atomic mass is 32.2. The smallest absolute Gasteiger partial charge is 0.243 e. The first-order valence-corrected chi connectivity index (χ1v) is 14.5. The second kappa shape index (κ2) is 14.2. The molecule has 10 nitrogen and oxygen atoms in total. The van der Waals surface area contributed by atoms with Crippen LogP contribution in [-0.4, -0.2) is 107 Å². The van der Waals surface area contributed by atoms with E-state index >= 15 is 0 Å². The van der Waals surface area contributed by atoms with Crippen molar-refractivity contribution in [2.24, 2.45) is 0 Å². The predicted molar refractivity (Wildman–Crippen MR) is 145 cm³/mol. The molecule has 1 N–H and O–H groups in total. The Labute approximate surface area is 225 Å². The van der Waals surface area contributed by atoms with Crippen LogP contribution in [0.2, 0.25) is 0 Å². The molecule has 1 fully saturated rings. The minimum atomic E-state index is -3.59. The molecule has 2 aromatic rings. The summed E-state index contributed by atoms with van der Waals surface area (Å²) in [6.07, 6.45) is 1.34. The van der Waals surface area contributed by atoms with Gasteiger partial charge in [0.1, 0.15) is 11.8 Å². The molecule has 208 valence electrons. The van der Waals surface area contributed by atoms with Gasteiger partial charge in [-0.2, -0.15) is 4.31 Å². The maximum atomic E-state index is 13.6. The number of hydrogen-bond acceptors (Lipinski definition) is 7. The van der Waals surface area contributed by atoms with Gasteiger partial charge in [0.25, 0.3) is 0 Å². The Kier molecular flexibility index (Phi) is 11.1. The first kappa shape index (κ1) is 29.6. The quantitative estimate of drug-likeness (QED) is 0.399. The van der Waals surface area contributed by atoms with E-state index in [9.17, 15) is 18.0 Å². The monoisotopic (exact) mass is 546 g/mol. The molecule has 0 aliphatic carbocycles. The fourth-order valence-electron chi connectivity index (χ4n) is 4.16. The SMILES string of the molecule is COc1ccc(CN(C(=O)CN(C)S(C)(=O)=O)[C@H](Cc2ccccc2)C(=O)NCCN2CCOCC2)cc1. The zero-order chi connectivity index (χ0) is 27.5. The van der Waals surface area contributed by atoms with Gasteiger partial charge >= 0.3 is 0 Å². The summed E-state index contributed by atoms with van der Waals surface area (Å²) in [6, 6.07) is 15.9. The molecule has 0 saturated carbocycles. The number of nitrogens with one attached hydrogen (secondary N) is 1. The second-order valence-electron chi connectivity index (χ2n) is 9.34. The molecule has 0 radical (unpaired) electrons. The number of morpholine rings is 1. The summed E-state index contributed by atoms with van der Waals surface area (Å²) in [5, 5.41) is 3.01. The molecule has 1 aliphatic heterocycles. The number of sulfonamides is 1. The normalized spacial score (nSPS) is 15.2. The standard InChI is InChI=1S/C27H38N4O6S/c1-29(38(3,34)35)21-26(32)31(20-23-9-11-24(36-2)12-10-23)25(19-22-7-5-4-6-8-22)27(33)28-13-14-30-15-17-37-18-16-30/h4-12,25H,13-21H2,1-3H3,(H,28,33)/t25-/m1/s1. The summed E-state index contributed by atoms with van der Waals surface area (Å²) in [5.74, 6) is -0.0749. The Morgan fingerprint density at radius 3 is 2.32 bits per heavy atom. The molecule has 0 bridgehead atoms. The summed E-state index contributed by atoms with van der Waals surface area (Å²) in [5.41, 5.74) is 1.69. The van der Waals surface area contributed by atoms with Crippen molar-refractivity contribution in [3.8, 4) is 5.75 Å². The molecule has 1 saturated heterocycles. The summed E-state index contributed by atoms with van der Waals surface area (Å²) >= 11 is 0. The molecular formula is C27H38N4O6S. The summed E-state index contributed by atoms with van der Waals surface area (Å²) in [7, 11) is -0.665. The number of carbonyl (C=O) groups excluding carboxylic acids is 2. The highest BCUT2D eigenvalue weighted by Crippen LogP contribution is 2.18. The number of amides is 2. The van der Waals surface area contributed by atoms with E-state index in [4.69, 9.17) is 9.47 Å². The lowest BCUT2D eigenvalue weighted by Crippen LogP contribution is -2.53. The fourth-order valence-corrected chi connectivity index (χ4v) is 4.50. The van der Waals surface area contributed by atoms with E-state index < -0.39 is 22.0 Å². The van der Waals surface area contributed by atoms with E-state index in [2.05, 4.69) is 10.2 Å². The van der Waals surface area contributed by atoms with Gasteiger partial charge in [-0.3, -0.25) is 14.5 Å². The molecule has 3 rings (SSSR count). The Balaban J connectivity index is 1.86. The molecule has 1 aliphatic rings. The number of carbonyl (C=O) groups is 2. The highest BCUT2D eigenvalue weighted by molar-refractivity contribution is 7.88. The second-order valence-corrected chi connectivity index (χ2v) is 11.4. The van der Waals surface area contributed by atoms with Crippen molar-refractivity contribution in [2.45, 2.75) is 19.0 Å². The van der Waals surface area contributed by atoms with E-state index in [0.29, 0.717) is 32.1 Å². The molecule has 1 heterocycles. The van der Waals surface area contributed by atoms with Crippen molar-refractivity contribution in [1.82, 2.24) is 19.4 Å². The molecule has 11 heteroatoms. The number of ether oxygens (including phenoxy) is 2. The van der Waals surface area contributed by atoms with E-state index in [0.717, 1.165) is 34.8 Å². The minimum Gasteiger partial charge on any atom is -0.497 e. The molecule has 1 atom stereocenters. The molecule has 0 aromatic heterocycles. The van der Waals surface area contributed by atoms with Crippen LogP contribution in [0.5, 0.6) is 5.75 Å². The van der Waals surface area contributed by atoms with Crippen molar-refractivity contribution in [1.29, 1.82) is 0 Å². The first-order valence-electron chi connectivity index (χ1n) is 12.6. The Morgan fingerprint density at radius 1 is 1.05 bits per heavy atom. The number of hydrogen-bond donors (Lipinski definition) is 1. The van der Waals surface area contributed by atoms with Crippen molar-refractivity contribution in [3.63, 3.8) is 0 Å². The molecular weight excluding hydrogens is 508 g/mol. The molecule has 2 aromatic carbocycles. The van der Waals surface area contributed by atoms with E-state index in [1.54, 1.807) is 19.2 Å². The lowest BCUT2D eigenvalue weighted by Gasteiger charge is -2.33. The van der Waals surface area contributed by atoms with E-state index in [1.165, 1.54) is 11.9 Å². The van der Waals surface area contributed by atoms with Gasteiger partial charge in [-0.25, -0.2) is 8.42 Å². The number of nitrogens with zero attached hydrogens (tertiary/aromatic N) is 3. The van der Waals surface area contributed by atoms with Crippen molar-refractivity contribution >= 4 is 21.8 Å². The van der Waals surface area contributed by atoms with Gasteiger partial charge in [-0.05, 0) is 23.3 Å². The number of benzene rings is 2. The average Bonchev–Trinajstić information content (AvgIpc) is 2.91. The minimum absolute atomic E-state index is 0.134. The lowest BCUT2D eigenvalue weighted by molar-refractivity contribution is -0.141. The van der Waals surface area contributed by atoms with Crippen LogP contribution in [0.3, 0.4) is 0 Å². The summed E-state index contributed by atoms with van der Waals surface area (Å²) in [6.45, 7) is 3.82.